The van der Waals surface area contributed by atoms with Crippen molar-refractivity contribution in [2.75, 3.05) is 6.54 Å². The molecule has 1 aliphatic carbocycles. The number of nitrogens with zero attached hydrogens (tertiary/aromatic N) is 3. The van der Waals surface area contributed by atoms with Crippen LogP contribution in [0.15, 0.2) is 59.4 Å². The van der Waals surface area contributed by atoms with E-state index in [0.29, 0.717) is 17.4 Å². The Balaban J connectivity index is 1.48. The summed E-state index contributed by atoms with van der Waals surface area (Å²) >= 11 is 5.98. The number of rotatable bonds is 7. The molecule has 0 spiro atoms. The summed E-state index contributed by atoms with van der Waals surface area (Å²) in [6.45, 7) is 2.47. The molecule has 1 aliphatic rings. The van der Waals surface area contributed by atoms with Crippen molar-refractivity contribution in [1.82, 2.24) is 19.7 Å². The Hall–Kier alpha value is -2.86. The maximum atomic E-state index is 12.9. The average Bonchev–Trinajstić information content (AvgIpc) is 3.52. The quantitative estimate of drug-likeness (QED) is 0.646. The van der Waals surface area contributed by atoms with E-state index < -0.39 is 0 Å². The van der Waals surface area contributed by atoms with Crippen molar-refractivity contribution in [3.63, 3.8) is 0 Å². The van der Waals surface area contributed by atoms with Crippen LogP contribution in [0.25, 0.3) is 11.4 Å². The summed E-state index contributed by atoms with van der Waals surface area (Å²) in [6.07, 6.45) is 1.90. The minimum Gasteiger partial charge on any atom is -0.354 e. The topological polar surface area (TPSA) is 68.9 Å². The van der Waals surface area contributed by atoms with Crippen LogP contribution < -0.4 is 11.0 Å². The van der Waals surface area contributed by atoms with Gasteiger partial charge in [0.25, 0.3) is 0 Å². The first kappa shape index (κ1) is 19.5. The highest BCUT2D eigenvalue weighted by Gasteiger charge is 2.30. The van der Waals surface area contributed by atoms with Crippen molar-refractivity contribution in [2.45, 2.75) is 38.3 Å². The molecule has 1 amide bonds. The summed E-state index contributed by atoms with van der Waals surface area (Å²) in [4.78, 5) is 25.3. The van der Waals surface area contributed by atoms with Crippen molar-refractivity contribution in [3.8, 4) is 11.4 Å². The molecule has 1 unspecified atom stereocenters. The molecule has 1 saturated carbocycles. The van der Waals surface area contributed by atoms with Crippen molar-refractivity contribution in [3.05, 3.63) is 75.7 Å². The van der Waals surface area contributed by atoms with Crippen molar-refractivity contribution in [2.24, 2.45) is 0 Å². The maximum Gasteiger partial charge on any atom is 0.346 e. The minimum absolute atomic E-state index is 0.0966. The molecule has 1 atom stereocenters. The van der Waals surface area contributed by atoms with Crippen LogP contribution in [0.2, 0.25) is 5.02 Å². The first-order valence-corrected chi connectivity index (χ1v) is 10.2. The molecular weight excluding hydrogens is 388 g/mol. The number of amides is 1. The highest BCUT2D eigenvalue weighted by atomic mass is 35.5. The lowest BCUT2D eigenvalue weighted by Gasteiger charge is -2.12. The number of aromatic nitrogens is 3. The molecule has 1 aromatic heterocycles. The van der Waals surface area contributed by atoms with Crippen LogP contribution in [0.3, 0.4) is 0 Å². The standard InChI is InChI=1S/C22H23ClN4O2/c1-15(16-5-3-2-4-6-16)13-24-20(28)14-26-22(29)27(19-11-12-19)21(25-26)17-7-9-18(23)10-8-17/h2-10,15,19H,11-14H2,1H3,(H,24,28). The monoisotopic (exact) mass is 410 g/mol. The van der Waals surface area contributed by atoms with E-state index in [1.54, 1.807) is 16.7 Å². The van der Waals surface area contributed by atoms with Gasteiger partial charge in [-0.05, 0) is 48.6 Å². The third-order valence-corrected chi connectivity index (χ3v) is 5.40. The van der Waals surface area contributed by atoms with Crippen LogP contribution in [0.1, 0.15) is 37.3 Å². The van der Waals surface area contributed by atoms with Crippen LogP contribution in [0.4, 0.5) is 0 Å². The van der Waals surface area contributed by atoms with Gasteiger partial charge in [0, 0.05) is 23.2 Å². The zero-order chi connectivity index (χ0) is 20.4. The molecule has 29 heavy (non-hydrogen) atoms. The van der Waals surface area contributed by atoms with Gasteiger partial charge >= 0.3 is 5.69 Å². The fourth-order valence-corrected chi connectivity index (χ4v) is 3.47. The molecule has 4 rings (SSSR count). The second kappa shape index (κ2) is 8.25. The third kappa shape index (κ3) is 4.43. The first-order valence-electron chi connectivity index (χ1n) is 9.80. The number of carbonyl (C=O) groups excluding carboxylic acids is 1. The van der Waals surface area contributed by atoms with Crippen LogP contribution in [0.5, 0.6) is 0 Å². The zero-order valence-corrected chi connectivity index (χ0v) is 17.0. The second-order valence-corrected chi connectivity index (χ2v) is 7.92. The molecule has 0 saturated heterocycles. The predicted octanol–water partition coefficient (Wildman–Crippen LogP) is 3.62. The number of hydrogen-bond acceptors (Lipinski definition) is 3. The highest BCUT2D eigenvalue weighted by Crippen LogP contribution is 2.36. The smallest absolute Gasteiger partial charge is 0.346 e. The van der Waals surface area contributed by atoms with E-state index in [9.17, 15) is 9.59 Å². The molecule has 1 heterocycles. The molecular formula is C22H23ClN4O2. The largest absolute Gasteiger partial charge is 0.354 e. The van der Waals surface area contributed by atoms with Gasteiger partial charge in [0.15, 0.2) is 5.82 Å². The van der Waals surface area contributed by atoms with Crippen LogP contribution in [-0.2, 0) is 11.3 Å². The van der Waals surface area contributed by atoms with Gasteiger partial charge in [0.2, 0.25) is 5.91 Å². The normalized spacial score (nSPS) is 14.6. The van der Waals surface area contributed by atoms with E-state index >= 15 is 0 Å². The first-order chi connectivity index (χ1) is 14.0. The molecule has 1 N–H and O–H groups in total. The highest BCUT2D eigenvalue weighted by molar-refractivity contribution is 6.30. The molecule has 3 aromatic rings. The summed E-state index contributed by atoms with van der Waals surface area (Å²) in [5, 5.41) is 8.00. The fraction of sp³-hybridized carbons (Fsp3) is 0.318. The average molecular weight is 411 g/mol. The second-order valence-electron chi connectivity index (χ2n) is 7.49. The Morgan fingerprint density at radius 1 is 1.17 bits per heavy atom. The zero-order valence-electron chi connectivity index (χ0n) is 16.2. The van der Waals surface area contributed by atoms with E-state index in [1.807, 2.05) is 42.5 Å². The Labute approximate surface area is 174 Å². The number of nitrogens with one attached hydrogen (secondary N) is 1. The van der Waals surface area contributed by atoms with Gasteiger partial charge in [-0.3, -0.25) is 9.36 Å². The lowest BCUT2D eigenvalue weighted by atomic mass is 10.0. The van der Waals surface area contributed by atoms with Crippen LogP contribution >= 0.6 is 11.6 Å². The number of halogens is 1. The van der Waals surface area contributed by atoms with Gasteiger partial charge in [-0.1, -0.05) is 48.9 Å². The van der Waals surface area contributed by atoms with E-state index in [-0.39, 0.29) is 30.1 Å². The van der Waals surface area contributed by atoms with Gasteiger partial charge in [0.05, 0.1) is 0 Å². The van der Waals surface area contributed by atoms with Gasteiger partial charge in [-0.25, -0.2) is 9.48 Å². The predicted molar refractivity (Wildman–Crippen MR) is 113 cm³/mol. The van der Waals surface area contributed by atoms with Gasteiger partial charge < -0.3 is 5.32 Å². The van der Waals surface area contributed by atoms with Crippen molar-refractivity contribution < 1.29 is 4.79 Å². The molecule has 6 nitrogen and oxygen atoms in total. The SMILES string of the molecule is CC(CNC(=O)Cn1nc(-c2ccc(Cl)cc2)n(C2CC2)c1=O)c1ccccc1. The summed E-state index contributed by atoms with van der Waals surface area (Å²) in [5.41, 5.74) is 1.73. The fourth-order valence-electron chi connectivity index (χ4n) is 3.34. The lowest BCUT2D eigenvalue weighted by Crippen LogP contribution is -2.35. The minimum atomic E-state index is -0.247. The molecule has 1 fully saturated rings. The van der Waals surface area contributed by atoms with E-state index in [1.165, 1.54) is 4.68 Å². The molecule has 7 heteroatoms. The van der Waals surface area contributed by atoms with Crippen molar-refractivity contribution in [1.29, 1.82) is 0 Å². The molecule has 2 aromatic carbocycles. The van der Waals surface area contributed by atoms with E-state index in [2.05, 4.69) is 17.3 Å². The summed E-state index contributed by atoms with van der Waals surface area (Å²) in [7, 11) is 0. The molecule has 150 valence electrons. The Morgan fingerprint density at radius 3 is 2.52 bits per heavy atom. The third-order valence-electron chi connectivity index (χ3n) is 5.15. The van der Waals surface area contributed by atoms with Crippen LogP contribution in [-0.4, -0.2) is 26.8 Å². The summed E-state index contributed by atoms with van der Waals surface area (Å²) in [6, 6.07) is 17.4. The molecule has 0 radical (unpaired) electrons. The molecule has 0 aliphatic heterocycles. The van der Waals surface area contributed by atoms with Gasteiger partial charge in [0.1, 0.15) is 6.54 Å². The molecule has 0 bridgehead atoms. The lowest BCUT2D eigenvalue weighted by molar-refractivity contribution is -0.121. The van der Waals surface area contributed by atoms with E-state index in [4.69, 9.17) is 11.6 Å². The Bertz CT molecular complexity index is 1050. The van der Waals surface area contributed by atoms with E-state index in [0.717, 1.165) is 24.0 Å². The van der Waals surface area contributed by atoms with Gasteiger partial charge in [-0.15, -0.1) is 5.10 Å². The maximum absolute atomic E-state index is 12.9. The number of benzene rings is 2. The summed E-state index contributed by atoms with van der Waals surface area (Å²) in [5.74, 6) is 0.545. The van der Waals surface area contributed by atoms with Crippen molar-refractivity contribution >= 4 is 17.5 Å². The Morgan fingerprint density at radius 2 is 1.86 bits per heavy atom. The van der Waals surface area contributed by atoms with Gasteiger partial charge in [-0.2, -0.15) is 0 Å². The Kier molecular flexibility index (Phi) is 5.53. The summed E-state index contributed by atoms with van der Waals surface area (Å²) < 4.78 is 2.95. The number of carbonyl (C=O) groups is 1. The van der Waals surface area contributed by atoms with Crippen LogP contribution in [0, 0.1) is 0 Å². The number of hydrogen-bond donors (Lipinski definition) is 1.